The summed E-state index contributed by atoms with van der Waals surface area (Å²) in [6.45, 7) is 2.56. The number of rotatable bonds is 0. The van der Waals surface area contributed by atoms with Crippen LogP contribution in [0, 0.1) is 6.92 Å². The molecule has 0 amide bonds. The van der Waals surface area contributed by atoms with E-state index in [1.807, 2.05) is 0 Å². The maximum absolute atomic E-state index is 8.89. The summed E-state index contributed by atoms with van der Waals surface area (Å²) in [6, 6.07) is 0. The summed E-state index contributed by atoms with van der Waals surface area (Å²) in [5, 5.41) is 7.31. The fraction of sp³-hybridized carbons (Fsp3) is 0. The summed E-state index contributed by atoms with van der Waals surface area (Å²) < 4.78 is 0. The zero-order chi connectivity index (χ0) is 3.58. The average molecular weight is 118 g/mol. The fourth-order valence-corrected chi connectivity index (χ4v) is 0. The summed E-state index contributed by atoms with van der Waals surface area (Å²) in [5.41, 5.74) is 0. The first-order valence-electron chi connectivity index (χ1n) is 0.781. The molecular formula is C2H3CoO2-. The Morgan fingerprint density at radius 3 is 1.80 bits per heavy atom. The largest absolute Gasteiger partial charge is 0.503 e. The van der Waals surface area contributed by atoms with E-state index in [0.717, 1.165) is 0 Å². The van der Waals surface area contributed by atoms with Crippen LogP contribution in [0.15, 0.2) is 0 Å². The van der Waals surface area contributed by atoms with Crippen molar-refractivity contribution in [2.75, 3.05) is 0 Å². The molecule has 3 heteroatoms. The molecule has 0 bridgehead atoms. The molecule has 1 N–H and O–H groups in total. The maximum Gasteiger partial charge on any atom is 0.161 e. The van der Waals surface area contributed by atoms with Crippen LogP contribution in [0.3, 0.4) is 0 Å². The molecule has 0 spiro atoms. The summed E-state index contributed by atoms with van der Waals surface area (Å²) >= 11 is 0. The molecule has 0 aliphatic rings. The van der Waals surface area contributed by atoms with Gasteiger partial charge in [-0.1, -0.05) is 0 Å². The minimum absolute atomic E-state index is 0. The maximum atomic E-state index is 8.89. The van der Waals surface area contributed by atoms with Crippen LogP contribution in [-0.2, 0) is 21.6 Å². The van der Waals surface area contributed by atoms with Crippen molar-refractivity contribution in [1.82, 2.24) is 0 Å². The Kier molecular flexibility index (Phi) is 6.81. The van der Waals surface area contributed by atoms with Gasteiger partial charge in [0, 0.05) is 16.8 Å². The van der Waals surface area contributed by atoms with E-state index < -0.39 is 5.97 Å². The second-order valence-corrected chi connectivity index (χ2v) is 0.394. The molecule has 0 heterocycles. The van der Waals surface area contributed by atoms with Crippen molar-refractivity contribution in [2.45, 2.75) is 0 Å². The third-order valence-electron chi connectivity index (χ3n) is 0. The van der Waals surface area contributed by atoms with Gasteiger partial charge in [0.15, 0.2) is 5.97 Å². The van der Waals surface area contributed by atoms with Crippen LogP contribution >= 0.6 is 0 Å². The second-order valence-electron chi connectivity index (χ2n) is 0.394. The Hall–Kier alpha value is -0.154. The van der Waals surface area contributed by atoms with Gasteiger partial charge in [-0.05, 0) is 0 Å². The Morgan fingerprint density at radius 2 is 1.80 bits per heavy atom. The van der Waals surface area contributed by atoms with Crippen LogP contribution in [0.25, 0.3) is 0 Å². The van der Waals surface area contributed by atoms with Gasteiger partial charge in [-0.2, -0.15) is 0 Å². The normalized spacial score (nSPS) is 4.80. The van der Waals surface area contributed by atoms with E-state index in [4.69, 9.17) is 9.90 Å². The molecule has 0 fully saturated rings. The first-order chi connectivity index (χ1) is 1.73. The Labute approximate surface area is 40.4 Å². The third kappa shape index (κ3) is 557. The van der Waals surface area contributed by atoms with Crippen LogP contribution in [0.2, 0.25) is 0 Å². The van der Waals surface area contributed by atoms with Gasteiger partial charge in [-0.25, -0.2) is 0 Å². The van der Waals surface area contributed by atoms with E-state index in [1.54, 1.807) is 0 Å². The molecular weight excluding hydrogens is 115 g/mol. The van der Waals surface area contributed by atoms with Crippen molar-refractivity contribution in [3.63, 3.8) is 0 Å². The molecule has 2 nitrogen and oxygen atoms in total. The van der Waals surface area contributed by atoms with Gasteiger partial charge < -0.3 is 5.11 Å². The van der Waals surface area contributed by atoms with Crippen LogP contribution in [-0.4, -0.2) is 11.1 Å². The molecule has 0 aromatic rings. The number of carboxylic acid groups (broad SMARTS) is 1. The van der Waals surface area contributed by atoms with Crippen LogP contribution in [0.1, 0.15) is 0 Å². The molecule has 0 aliphatic heterocycles. The van der Waals surface area contributed by atoms with Gasteiger partial charge in [-0.15, -0.1) is 0 Å². The van der Waals surface area contributed by atoms with Crippen molar-refractivity contribution in [3.8, 4) is 0 Å². The molecule has 0 aromatic heterocycles. The second kappa shape index (κ2) is 3.85. The molecule has 0 rings (SSSR count). The van der Waals surface area contributed by atoms with E-state index in [2.05, 4.69) is 6.92 Å². The van der Waals surface area contributed by atoms with Crippen molar-refractivity contribution >= 4 is 5.97 Å². The summed E-state index contributed by atoms with van der Waals surface area (Å²) in [7, 11) is 0. The topological polar surface area (TPSA) is 37.3 Å². The van der Waals surface area contributed by atoms with E-state index in [0.29, 0.717) is 0 Å². The summed E-state index contributed by atoms with van der Waals surface area (Å²) in [5.74, 6) is -1.08. The number of hydrogen-bond donors (Lipinski definition) is 1. The Balaban J connectivity index is 0. The minimum atomic E-state index is -1.08. The molecule has 0 atom stereocenters. The Morgan fingerprint density at radius 1 is 1.80 bits per heavy atom. The first-order valence-corrected chi connectivity index (χ1v) is 0.781. The smallest absolute Gasteiger partial charge is 0.161 e. The number of hydrogen-bond acceptors (Lipinski definition) is 1. The molecule has 33 valence electrons. The van der Waals surface area contributed by atoms with Gasteiger partial charge in [0.1, 0.15) is 0 Å². The first kappa shape index (κ1) is 8.85. The zero-order valence-electron chi connectivity index (χ0n) is 2.40. The van der Waals surface area contributed by atoms with Gasteiger partial charge in [-0.3, -0.25) is 11.7 Å². The van der Waals surface area contributed by atoms with E-state index in [-0.39, 0.29) is 16.8 Å². The molecule has 5 heavy (non-hydrogen) atoms. The molecule has 0 unspecified atom stereocenters. The van der Waals surface area contributed by atoms with Crippen LogP contribution in [0.5, 0.6) is 0 Å². The SMILES string of the molecule is [CH2-]C(=O)O.[Co]. The van der Waals surface area contributed by atoms with Crippen molar-refractivity contribution in [1.29, 1.82) is 0 Å². The van der Waals surface area contributed by atoms with Gasteiger partial charge >= 0.3 is 0 Å². The van der Waals surface area contributed by atoms with E-state index in [9.17, 15) is 0 Å². The molecule has 0 saturated carbocycles. The Bertz CT molecular complexity index is 30.6. The number of aliphatic carboxylic acids is 1. The number of carboxylic acids is 1. The molecule has 1 radical (unpaired) electrons. The molecule has 0 aliphatic carbocycles. The minimum Gasteiger partial charge on any atom is -0.503 e. The van der Waals surface area contributed by atoms with Gasteiger partial charge in [0.2, 0.25) is 0 Å². The summed E-state index contributed by atoms with van der Waals surface area (Å²) in [4.78, 5) is 8.89. The summed E-state index contributed by atoms with van der Waals surface area (Å²) in [6.07, 6.45) is 0. The number of carbonyl (C=O) groups is 1. The van der Waals surface area contributed by atoms with E-state index in [1.165, 1.54) is 0 Å². The van der Waals surface area contributed by atoms with Crippen molar-refractivity contribution in [2.24, 2.45) is 0 Å². The average Bonchev–Trinajstić information content (AvgIpc) is 0.811. The predicted octanol–water partition coefficient (Wildman–Crippen LogP) is -0.0974. The standard InChI is InChI=1S/C2H3O2.Co/c1-2(3)4;/h1H2,(H,3,4);/q-1;. The van der Waals surface area contributed by atoms with Crippen molar-refractivity contribution in [3.05, 3.63) is 6.92 Å². The third-order valence-corrected chi connectivity index (χ3v) is 0. The monoisotopic (exact) mass is 118 g/mol. The quantitative estimate of drug-likeness (QED) is 0.451. The molecule has 0 aromatic carbocycles. The zero-order valence-corrected chi connectivity index (χ0v) is 3.44. The fourth-order valence-electron chi connectivity index (χ4n) is 0. The van der Waals surface area contributed by atoms with Crippen LogP contribution in [0.4, 0.5) is 0 Å². The van der Waals surface area contributed by atoms with Crippen molar-refractivity contribution < 1.29 is 26.7 Å². The van der Waals surface area contributed by atoms with E-state index >= 15 is 0 Å². The van der Waals surface area contributed by atoms with Crippen LogP contribution < -0.4 is 0 Å². The van der Waals surface area contributed by atoms with Gasteiger partial charge in [0.25, 0.3) is 0 Å². The molecule has 0 saturated heterocycles. The van der Waals surface area contributed by atoms with Gasteiger partial charge in [0.05, 0.1) is 0 Å². The predicted molar refractivity (Wildman–Crippen MR) is 13.0 cm³/mol.